The van der Waals surface area contributed by atoms with Crippen molar-refractivity contribution in [2.45, 2.75) is 11.3 Å². The number of benzene rings is 2. The molecule has 1 amide bonds. The fraction of sp³-hybridized carbons (Fsp3) is 0.240. The van der Waals surface area contributed by atoms with Crippen LogP contribution in [0.15, 0.2) is 78.0 Å². The van der Waals surface area contributed by atoms with Gasteiger partial charge in [-0.25, -0.2) is 17.9 Å². The second-order valence-corrected chi connectivity index (χ2v) is 9.73. The van der Waals surface area contributed by atoms with Gasteiger partial charge in [-0.15, -0.1) is 0 Å². The molecule has 1 saturated heterocycles. The van der Waals surface area contributed by atoms with E-state index in [1.807, 2.05) is 48.5 Å². The standard InChI is InChI=1S/C25H27N3O5S/c29-24(26-30)10-9-20-11-14-28(19-20)34(31,32)25-22(12-13-27-15-17-33-18-16-27)7-4-8-23(25)21-5-2-1-3-6-21/h1-11,14,19,30H,12-13,15-18H2,(H,26,29)/b10-9+. The van der Waals surface area contributed by atoms with Gasteiger partial charge in [0, 0.05) is 43.7 Å². The maximum absolute atomic E-state index is 13.9. The van der Waals surface area contributed by atoms with Crippen molar-refractivity contribution in [3.8, 4) is 11.1 Å². The summed E-state index contributed by atoms with van der Waals surface area (Å²) >= 11 is 0. The minimum Gasteiger partial charge on any atom is -0.379 e. The minimum atomic E-state index is -3.94. The number of carbonyl (C=O) groups is 1. The lowest BCUT2D eigenvalue weighted by Gasteiger charge is -2.27. The minimum absolute atomic E-state index is 0.272. The highest BCUT2D eigenvalue weighted by molar-refractivity contribution is 7.90. The molecule has 0 aliphatic carbocycles. The zero-order valence-corrected chi connectivity index (χ0v) is 19.4. The zero-order valence-electron chi connectivity index (χ0n) is 18.6. The van der Waals surface area contributed by atoms with Crippen molar-refractivity contribution in [2.24, 2.45) is 0 Å². The number of amides is 1. The molecule has 1 aliphatic rings. The molecular formula is C25H27N3O5S. The van der Waals surface area contributed by atoms with E-state index in [1.165, 1.54) is 27.9 Å². The Labute approximate surface area is 199 Å². The summed E-state index contributed by atoms with van der Waals surface area (Å²) in [7, 11) is -3.94. The van der Waals surface area contributed by atoms with E-state index >= 15 is 0 Å². The van der Waals surface area contributed by atoms with E-state index < -0.39 is 15.9 Å². The molecule has 1 fully saturated rings. The number of ether oxygens (including phenoxy) is 1. The molecule has 0 saturated carbocycles. The van der Waals surface area contributed by atoms with E-state index in [0.717, 1.165) is 36.8 Å². The molecule has 34 heavy (non-hydrogen) atoms. The number of hydrogen-bond acceptors (Lipinski definition) is 6. The van der Waals surface area contributed by atoms with Crippen molar-refractivity contribution in [2.75, 3.05) is 32.8 Å². The highest BCUT2D eigenvalue weighted by Crippen LogP contribution is 2.32. The second kappa shape index (κ2) is 10.8. The Morgan fingerprint density at radius 2 is 1.82 bits per heavy atom. The average Bonchev–Trinajstić information content (AvgIpc) is 3.37. The van der Waals surface area contributed by atoms with Crippen LogP contribution < -0.4 is 5.48 Å². The predicted octanol–water partition coefficient (Wildman–Crippen LogP) is 2.79. The van der Waals surface area contributed by atoms with E-state index in [9.17, 15) is 13.2 Å². The molecule has 1 aromatic heterocycles. The van der Waals surface area contributed by atoms with Gasteiger partial charge in [0.2, 0.25) is 0 Å². The van der Waals surface area contributed by atoms with Gasteiger partial charge in [-0.2, -0.15) is 0 Å². The first-order valence-electron chi connectivity index (χ1n) is 11.0. The van der Waals surface area contributed by atoms with Gasteiger partial charge in [-0.05, 0) is 35.3 Å². The van der Waals surface area contributed by atoms with Crippen molar-refractivity contribution in [1.82, 2.24) is 14.4 Å². The Balaban J connectivity index is 1.74. The molecule has 9 heteroatoms. The van der Waals surface area contributed by atoms with Gasteiger partial charge in [-0.3, -0.25) is 14.9 Å². The van der Waals surface area contributed by atoms with Crippen LogP contribution in [0, 0.1) is 0 Å². The van der Waals surface area contributed by atoms with E-state index in [1.54, 1.807) is 6.07 Å². The van der Waals surface area contributed by atoms with Gasteiger partial charge in [0.1, 0.15) is 0 Å². The first-order valence-corrected chi connectivity index (χ1v) is 12.5. The van der Waals surface area contributed by atoms with E-state index in [4.69, 9.17) is 9.94 Å². The summed E-state index contributed by atoms with van der Waals surface area (Å²) in [6.45, 7) is 3.76. The third-order valence-electron chi connectivity index (χ3n) is 5.75. The van der Waals surface area contributed by atoms with Crippen molar-refractivity contribution in [3.63, 3.8) is 0 Å². The Bertz CT molecular complexity index is 1260. The van der Waals surface area contributed by atoms with Gasteiger partial charge < -0.3 is 4.74 Å². The van der Waals surface area contributed by atoms with Crippen molar-refractivity contribution in [1.29, 1.82) is 0 Å². The van der Waals surface area contributed by atoms with E-state index in [0.29, 0.717) is 30.8 Å². The lowest BCUT2D eigenvalue weighted by atomic mass is 10.0. The van der Waals surface area contributed by atoms with Crippen LogP contribution in [0.5, 0.6) is 0 Å². The van der Waals surface area contributed by atoms with Gasteiger partial charge >= 0.3 is 0 Å². The molecule has 4 rings (SSSR count). The molecule has 178 valence electrons. The number of carbonyl (C=O) groups excluding carboxylic acids is 1. The van der Waals surface area contributed by atoms with Gasteiger partial charge in [0.05, 0.1) is 18.1 Å². The third-order valence-corrected chi connectivity index (χ3v) is 7.53. The van der Waals surface area contributed by atoms with Crippen LogP contribution >= 0.6 is 0 Å². The SMILES string of the molecule is O=C(/C=C/c1ccn(S(=O)(=O)c2c(CCN3CCOCC3)cccc2-c2ccccc2)c1)NO. The normalized spacial score (nSPS) is 15.0. The van der Waals surface area contributed by atoms with Crippen LogP contribution in [0.2, 0.25) is 0 Å². The number of nitrogens with zero attached hydrogens (tertiary/aromatic N) is 2. The molecule has 0 unspecified atom stereocenters. The summed E-state index contributed by atoms with van der Waals surface area (Å²) in [5.74, 6) is -0.699. The molecule has 0 bridgehead atoms. The number of hydroxylamine groups is 1. The summed E-state index contributed by atoms with van der Waals surface area (Å²) in [5.41, 5.74) is 4.24. The molecule has 2 heterocycles. The highest BCUT2D eigenvalue weighted by Gasteiger charge is 2.25. The number of nitrogens with one attached hydrogen (secondary N) is 1. The molecule has 0 atom stereocenters. The molecule has 1 aliphatic heterocycles. The average molecular weight is 482 g/mol. The van der Waals surface area contributed by atoms with E-state index in [-0.39, 0.29) is 4.90 Å². The highest BCUT2D eigenvalue weighted by atomic mass is 32.2. The largest absolute Gasteiger partial charge is 0.379 e. The smallest absolute Gasteiger partial charge is 0.268 e. The Morgan fingerprint density at radius 1 is 1.06 bits per heavy atom. The van der Waals surface area contributed by atoms with Crippen LogP contribution in [0.3, 0.4) is 0 Å². The van der Waals surface area contributed by atoms with Crippen LogP contribution in [0.1, 0.15) is 11.1 Å². The molecule has 0 radical (unpaired) electrons. The Kier molecular flexibility index (Phi) is 7.59. The number of morpholine rings is 1. The van der Waals surface area contributed by atoms with Crippen molar-refractivity contribution >= 4 is 22.0 Å². The lowest BCUT2D eigenvalue weighted by molar-refractivity contribution is -0.124. The fourth-order valence-corrected chi connectivity index (χ4v) is 5.65. The third kappa shape index (κ3) is 5.45. The summed E-state index contributed by atoms with van der Waals surface area (Å²) in [4.78, 5) is 13.8. The van der Waals surface area contributed by atoms with Crippen LogP contribution in [-0.2, 0) is 26.0 Å². The van der Waals surface area contributed by atoms with Gasteiger partial charge in [0.25, 0.3) is 15.9 Å². The molecule has 2 N–H and O–H groups in total. The summed E-state index contributed by atoms with van der Waals surface area (Å²) in [6.07, 6.45) is 6.04. The monoisotopic (exact) mass is 481 g/mol. The number of rotatable bonds is 8. The quantitative estimate of drug-likeness (QED) is 0.292. The molecule has 0 spiro atoms. The van der Waals surface area contributed by atoms with Gasteiger partial charge in [-0.1, -0.05) is 48.5 Å². The van der Waals surface area contributed by atoms with E-state index in [2.05, 4.69) is 4.90 Å². The first-order chi connectivity index (χ1) is 16.5. The predicted molar refractivity (Wildman–Crippen MR) is 129 cm³/mol. The van der Waals surface area contributed by atoms with Crippen molar-refractivity contribution < 1.29 is 23.2 Å². The summed E-state index contributed by atoms with van der Waals surface area (Å²) in [6, 6.07) is 16.7. The maximum atomic E-state index is 13.9. The Hall–Kier alpha value is -3.24. The Morgan fingerprint density at radius 3 is 2.56 bits per heavy atom. The van der Waals surface area contributed by atoms with Crippen LogP contribution in [-0.4, -0.2) is 61.3 Å². The number of aromatic nitrogens is 1. The fourth-order valence-electron chi connectivity index (χ4n) is 3.99. The summed E-state index contributed by atoms with van der Waals surface area (Å²) < 4.78 is 34.4. The maximum Gasteiger partial charge on any atom is 0.268 e. The van der Waals surface area contributed by atoms with Crippen LogP contribution in [0.4, 0.5) is 0 Å². The number of hydrogen-bond donors (Lipinski definition) is 2. The molecular weight excluding hydrogens is 454 g/mol. The van der Waals surface area contributed by atoms with Gasteiger partial charge in [0.15, 0.2) is 0 Å². The zero-order chi connectivity index (χ0) is 24.0. The van der Waals surface area contributed by atoms with Crippen molar-refractivity contribution in [3.05, 3.63) is 84.2 Å². The summed E-state index contributed by atoms with van der Waals surface area (Å²) in [5, 5.41) is 8.65. The first kappa shape index (κ1) is 23.9. The lowest BCUT2D eigenvalue weighted by Crippen LogP contribution is -2.37. The van der Waals surface area contributed by atoms with Crippen LogP contribution in [0.25, 0.3) is 17.2 Å². The molecule has 8 nitrogen and oxygen atoms in total. The molecule has 2 aromatic carbocycles. The molecule has 3 aromatic rings. The topological polar surface area (TPSA) is 101 Å². The second-order valence-electron chi connectivity index (χ2n) is 7.95.